The fourth-order valence-corrected chi connectivity index (χ4v) is 4.76. The van der Waals surface area contributed by atoms with Crippen molar-refractivity contribution in [3.63, 3.8) is 0 Å². The summed E-state index contributed by atoms with van der Waals surface area (Å²) in [5, 5.41) is 6.17. The minimum Gasteiger partial charge on any atom is -0.465 e. The van der Waals surface area contributed by atoms with Crippen molar-refractivity contribution < 1.29 is 32.0 Å². The van der Waals surface area contributed by atoms with Crippen molar-refractivity contribution in [3.05, 3.63) is 66.4 Å². The number of anilines is 1. The molecule has 1 N–H and O–H groups in total. The van der Waals surface area contributed by atoms with Gasteiger partial charge in [0, 0.05) is 17.2 Å². The van der Waals surface area contributed by atoms with Gasteiger partial charge >= 0.3 is 12.1 Å². The van der Waals surface area contributed by atoms with E-state index in [9.17, 15) is 18.0 Å². The Kier molecular flexibility index (Phi) is 8.24. The number of carbonyl (C=O) groups is 2. The van der Waals surface area contributed by atoms with Gasteiger partial charge in [-0.25, -0.2) is 28.0 Å². The molecule has 0 spiro atoms. The maximum atomic E-state index is 12.5. The van der Waals surface area contributed by atoms with Crippen molar-refractivity contribution in [2.24, 2.45) is 0 Å². The number of rotatable bonds is 7. The van der Waals surface area contributed by atoms with E-state index in [0.717, 1.165) is 0 Å². The summed E-state index contributed by atoms with van der Waals surface area (Å²) < 4.78 is 40.8. The van der Waals surface area contributed by atoms with Crippen LogP contribution in [0.5, 0.6) is 0 Å². The van der Waals surface area contributed by atoms with E-state index < -0.39 is 32.8 Å². The lowest BCUT2D eigenvalue weighted by Gasteiger charge is -2.19. The summed E-state index contributed by atoms with van der Waals surface area (Å²) in [5.41, 5.74) is 1.94. The third-order valence-electron chi connectivity index (χ3n) is 5.84. The van der Waals surface area contributed by atoms with E-state index in [0.29, 0.717) is 28.1 Å². The van der Waals surface area contributed by atoms with Crippen molar-refractivity contribution in [1.29, 1.82) is 0 Å². The van der Waals surface area contributed by atoms with Crippen LogP contribution in [0.15, 0.2) is 70.2 Å². The highest BCUT2D eigenvalue weighted by Crippen LogP contribution is 2.32. The molecule has 0 saturated carbocycles. The van der Waals surface area contributed by atoms with E-state index in [2.05, 4.69) is 20.4 Å². The number of nitrogens with one attached hydrogen (secondary N) is 1. The van der Waals surface area contributed by atoms with Crippen LogP contribution in [0.2, 0.25) is 0 Å². The van der Waals surface area contributed by atoms with E-state index in [-0.39, 0.29) is 22.2 Å². The average molecular weight is 579 g/mol. The van der Waals surface area contributed by atoms with Crippen LogP contribution in [-0.4, -0.2) is 53.6 Å². The van der Waals surface area contributed by atoms with Gasteiger partial charge in [-0.1, -0.05) is 29.4 Å². The summed E-state index contributed by atoms with van der Waals surface area (Å²) in [5.74, 6) is -0.181. The minimum atomic E-state index is -3.44. The molecule has 0 bridgehead atoms. The second-order valence-corrected chi connectivity index (χ2v) is 12.8. The number of benzene rings is 2. The van der Waals surface area contributed by atoms with E-state index in [1.165, 1.54) is 25.4 Å². The molecule has 0 fully saturated rings. The van der Waals surface area contributed by atoms with Crippen LogP contribution < -0.4 is 5.32 Å². The highest BCUT2D eigenvalue weighted by Gasteiger charge is 2.23. The summed E-state index contributed by atoms with van der Waals surface area (Å²) in [6.07, 6.45) is 0.715. The topological polar surface area (TPSA) is 151 Å². The lowest BCUT2D eigenvalue weighted by Crippen LogP contribution is -2.27. The molecule has 0 unspecified atom stereocenters. The number of hydrogen-bond donors (Lipinski definition) is 1. The minimum absolute atomic E-state index is 0.0748. The van der Waals surface area contributed by atoms with Crippen LogP contribution >= 0.6 is 0 Å². The molecule has 1 amide bonds. The Hall–Kier alpha value is -4.58. The van der Waals surface area contributed by atoms with Crippen molar-refractivity contribution in [1.82, 2.24) is 15.1 Å². The Morgan fingerprint density at radius 2 is 1.56 bits per heavy atom. The molecule has 0 aliphatic carbocycles. The maximum Gasteiger partial charge on any atom is 0.413 e. The predicted molar refractivity (Wildman–Crippen MR) is 152 cm³/mol. The number of carbonyl (C=O) groups excluding carboxylic acids is 2. The monoisotopic (exact) mass is 578 g/mol. The number of methoxy groups -OCH3 is 1. The third kappa shape index (κ3) is 6.77. The van der Waals surface area contributed by atoms with Gasteiger partial charge < -0.3 is 14.0 Å². The summed E-state index contributed by atoms with van der Waals surface area (Å²) in [4.78, 5) is 33.6. The second-order valence-electron chi connectivity index (χ2n) is 10.3. The van der Waals surface area contributed by atoms with Crippen molar-refractivity contribution in [3.8, 4) is 34.0 Å². The largest absolute Gasteiger partial charge is 0.465 e. The molecule has 11 nitrogen and oxygen atoms in total. The molecule has 12 heteroatoms. The van der Waals surface area contributed by atoms with Gasteiger partial charge in [0.2, 0.25) is 0 Å². The van der Waals surface area contributed by atoms with E-state index in [4.69, 9.17) is 14.0 Å². The summed E-state index contributed by atoms with van der Waals surface area (Å²) >= 11 is 0. The smallest absolute Gasteiger partial charge is 0.413 e. The molecule has 2 aromatic carbocycles. The molecule has 2 heterocycles. The van der Waals surface area contributed by atoms with Gasteiger partial charge in [0.05, 0.1) is 34.7 Å². The normalized spacial score (nSPS) is 11.8. The van der Waals surface area contributed by atoms with Gasteiger partial charge in [-0.2, -0.15) is 0 Å². The van der Waals surface area contributed by atoms with Crippen LogP contribution in [0.25, 0.3) is 34.0 Å². The summed E-state index contributed by atoms with van der Waals surface area (Å²) in [6.45, 7) is 8.45. The third-order valence-corrected chi connectivity index (χ3v) is 8.01. The molecule has 2 aromatic heterocycles. The Balaban J connectivity index is 1.73. The van der Waals surface area contributed by atoms with E-state index >= 15 is 0 Å². The van der Waals surface area contributed by atoms with Gasteiger partial charge in [-0.05, 0) is 58.9 Å². The van der Waals surface area contributed by atoms with Crippen molar-refractivity contribution >= 4 is 27.7 Å². The molecular weight excluding hydrogens is 548 g/mol. The Labute approximate surface area is 237 Å². The van der Waals surface area contributed by atoms with Gasteiger partial charge in [-0.15, -0.1) is 0 Å². The molecule has 4 rings (SSSR count). The Morgan fingerprint density at radius 3 is 2.15 bits per heavy atom. The number of hydrogen-bond acceptors (Lipinski definition) is 10. The first kappa shape index (κ1) is 29.4. The van der Waals surface area contributed by atoms with Gasteiger partial charge in [-0.3, -0.25) is 5.32 Å². The lowest BCUT2D eigenvalue weighted by molar-refractivity contribution is 0.0598. The zero-order valence-electron chi connectivity index (χ0n) is 23.5. The number of aromatic nitrogens is 3. The molecule has 0 radical (unpaired) electrons. The second kappa shape index (κ2) is 11.5. The Bertz CT molecular complexity index is 1670. The van der Waals surface area contributed by atoms with Gasteiger partial charge in [0.15, 0.2) is 27.1 Å². The highest BCUT2D eigenvalue weighted by atomic mass is 32.2. The van der Waals surface area contributed by atoms with Crippen LogP contribution in [-0.2, 0) is 19.3 Å². The number of esters is 1. The van der Waals surface area contributed by atoms with Crippen LogP contribution in [0.4, 0.5) is 10.6 Å². The van der Waals surface area contributed by atoms with Crippen LogP contribution in [0, 0.1) is 0 Å². The fraction of sp³-hybridized carbons (Fsp3) is 0.276. The van der Waals surface area contributed by atoms with Crippen molar-refractivity contribution in [2.75, 3.05) is 12.4 Å². The number of nitrogens with zero attached hydrogens (tertiary/aromatic N) is 3. The van der Waals surface area contributed by atoms with E-state index in [1.54, 1.807) is 77.1 Å². The molecular formula is C29H30N4O7S. The molecule has 41 heavy (non-hydrogen) atoms. The molecule has 0 aliphatic rings. The highest BCUT2D eigenvalue weighted by molar-refractivity contribution is 7.92. The molecule has 0 aliphatic heterocycles. The summed E-state index contributed by atoms with van der Waals surface area (Å²) in [7, 11) is -2.14. The Morgan fingerprint density at radius 1 is 0.951 bits per heavy atom. The maximum absolute atomic E-state index is 12.5. The van der Waals surface area contributed by atoms with Gasteiger partial charge in [0.1, 0.15) is 11.3 Å². The zero-order valence-corrected chi connectivity index (χ0v) is 24.3. The van der Waals surface area contributed by atoms with Crippen LogP contribution in [0.1, 0.15) is 45.0 Å². The van der Waals surface area contributed by atoms with E-state index in [1.807, 2.05) is 0 Å². The van der Waals surface area contributed by atoms with Crippen LogP contribution in [0.3, 0.4) is 0 Å². The average Bonchev–Trinajstić information content (AvgIpc) is 3.42. The molecule has 0 atom stereocenters. The standard InChI is InChI=1S/C29H30N4O7S/c1-17(2)41(36,37)21-13-11-19(12-14-21)23-16-30-26(32-28(35)39-29(3,4)5)25(31-23)24-15-22(33-40-24)18-7-9-20(10-8-18)27(34)38-6/h7-17H,1-6H3,(H,30,32,35). The lowest BCUT2D eigenvalue weighted by atomic mass is 10.1. The number of sulfone groups is 1. The SMILES string of the molecule is COC(=O)c1ccc(-c2cc(-c3nc(-c4ccc(S(=O)(=O)C(C)C)cc4)cnc3NC(=O)OC(C)(C)C)on2)cc1. The number of ether oxygens (including phenoxy) is 2. The zero-order chi connectivity index (χ0) is 29.9. The molecule has 0 saturated heterocycles. The quantitative estimate of drug-likeness (QED) is 0.267. The first-order valence-electron chi connectivity index (χ1n) is 12.7. The first-order chi connectivity index (χ1) is 19.3. The summed E-state index contributed by atoms with van der Waals surface area (Å²) in [6, 6.07) is 14.5. The van der Waals surface area contributed by atoms with Crippen molar-refractivity contribution in [2.45, 2.75) is 50.4 Å². The fourth-order valence-electron chi connectivity index (χ4n) is 3.70. The van der Waals surface area contributed by atoms with Gasteiger partial charge in [0.25, 0.3) is 0 Å². The first-order valence-corrected chi connectivity index (χ1v) is 14.2. The molecule has 4 aromatic rings. The number of amides is 1. The predicted octanol–water partition coefficient (Wildman–Crippen LogP) is 5.78. The molecule has 214 valence electrons.